The molecule has 1 aliphatic rings. The van der Waals surface area contributed by atoms with Crippen molar-refractivity contribution in [3.05, 3.63) is 20.8 Å². The Bertz CT molecular complexity index is 641. The summed E-state index contributed by atoms with van der Waals surface area (Å²) in [6.45, 7) is 11.2. The molecule has 0 aliphatic heterocycles. The topological polar surface area (TPSA) is 92.9 Å². The zero-order valence-electron chi connectivity index (χ0n) is 13.5. The van der Waals surface area contributed by atoms with Crippen LogP contribution in [-0.4, -0.2) is 15.6 Å². The lowest BCUT2D eigenvalue weighted by molar-refractivity contribution is 0.457. The van der Waals surface area contributed by atoms with Crippen LogP contribution in [0.5, 0.6) is 0 Å². The van der Waals surface area contributed by atoms with Crippen molar-refractivity contribution in [2.24, 2.45) is 10.8 Å². The van der Waals surface area contributed by atoms with Crippen LogP contribution in [-0.2, 0) is 6.54 Å². The highest BCUT2D eigenvalue weighted by Gasteiger charge is 2.65. The van der Waals surface area contributed by atoms with Crippen LogP contribution < -0.4 is 22.3 Å². The molecule has 0 atom stereocenters. The van der Waals surface area contributed by atoms with E-state index < -0.39 is 11.2 Å². The fourth-order valence-electron chi connectivity index (χ4n) is 2.97. The molecule has 1 aromatic rings. The van der Waals surface area contributed by atoms with E-state index in [9.17, 15) is 9.59 Å². The van der Waals surface area contributed by atoms with Gasteiger partial charge in [0.15, 0.2) is 0 Å². The lowest BCUT2D eigenvalue weighted by Gasteiger charge is -2.14. The Morgan fingerprint density at radius 3 is 2.29 bits per heavy atom. The quantitative estimate of drug-likeness (QED) is 0.771. The van der Waals surface area contributed by atoms with Gasteiger partial charge in [0, 0.05) is 12.6 Å². The van der Waals surface area contributed by atoms with Crippen molar-refractivity contribution in [1.29, 1.82) is 0 Å². The molecule has 6 heteroatoms. The second-order valence-electron chi connectivity index (χ2n) is 7.05. The van der Waals surface area contributed by atoms with E-state index >= 15 is 0 Å². The number of anilines is 2. The summed E-state index contributed by atoms with van der Waals surface area (Å²) in [5.74, 6) is 0.232. The monoisotopic (exact) mass is 294 g/mol. The third kappa shape index (κ3) is 2.36. The highest BCUT2D eigenvalue weighted by Crippen LogP contribution is 2.63. The summed E-state index contributed by atoms with van der Waals surface area (Å²) in [7, 11) is 0. The largest absolute Gasteiger partial charge is 0.383 e. The number of nitrogens with one attached hydrogen (secondary N) is 2. The summed E-state index contributed by atoms with van der Waals surface area (Å²) >= 11 is 0. The van der Waals surface area contributed by atoms with Gasteiger partial charge >= 0.3 is 5.69 Å². The Balaban J connectivity index is 2.37. The fraction of sp³-hybridized carbons (Fsp3) is 0.733. The Morgan fingerprint density at radius 1 is 1.24 bits per heavy atom. The van der Waals surface area contributed by atoms with E-state index in [0.29, 0.717) is 12.2 Å². The second-order valence-corrected chi connectivity index (χ2v) is 7.05. The van der Waals surface area contributed by atoms with Gasteiger partial charge in [0.1, 0.15) is 11.5 Å². The van der Waals surface area contributed by atoms with Gasteiger partial charge in [-0.2, -0.15) is 0 Å². The molecule has 0 spiro atoms. The molecule has 6 nitrogen and oxygen atoms in total. The molecule has 1 fully saturated rings. The average molecular weight is 294 g/mol. The zero-order valence-corrected chi connectivity index (χ0v) is 13.5. The lowest BCUT2D eigenvalue weighted by Crippen LogP contribution is -2.35. The van der Waals surface area contributed by atoms with Crippen LogP contribution in [0.25, 0.3) is 0 Å². The number of unbranched alkanes of at least 4 members (excludes halogenated alkanes) is 1. The molecule has 0 saturated heterocycles. The first-order valence-electron chi connectivity index (χ1n) is 7.53. The summed E-state index contributed by atoms with van der Waals surface area (Å²) in [6.07, 6.45) is 1.80. The summed E-state index contributed by atoms with van der Waals surface area (Å²) < 4.78 is 1.44. The van der Waals surface area contributed by atoms with Crippen molar-refractivity contribution in [3.63, 3.8) is 0 Å². The average Bonchev–Trinajstić information content (AvgIpc) is 2.75. The molecule has 1 aromatic heterocycles. The Kier molecular flexibility index (Phi) is 3.68. The minimum atomic E-state index is -0.441. The minimum absolute atomic E-state index is 0.0796. The van der Waals surface area contributed by atoms with Crippen molar-refractivity contribution in [2.75, 3.05) is 11.1 Å². The molecule has 118 valence electrons. The molecule has 1 heterocycles. The van der Waals surface area contributed by atoms with Gasteiger partial charge < -0.3 is 11.1 Å². The van der Waals surface area contributed by atoms with Crippen LogP contribution >= 0.6 is 0 Å². The standard InChI is InChI=1S/C15H26N4O2/c1-6-7-8-19-10(16)9(11(20)18-13(19)21)17-12-14(2,3)15(12,4)5/h12,17H,6-8,16H2,1-5H3,(H,18,20,21). The van der Waals surface area contributed by atoms with E-state index in [1.54, 1.807) is 0 Å². The lowest BCUT2D eigenvalue weighted by atomic mass is 10.0. The summed E-state index contributed by atoms with van der Waals surface area (Å²) in [6, 6.07) is 0.158. The predicted molar refractivity (Wildman–Crippen MR) is 85.6 cm³/mol. The van der Waals surface area contributed by atoms with Crippen LogP contribution in [0.4, 0.5) is 11.5 Å². The Morgan fingerprint density at radius 2 is 1.81 bits per heavy atom. The summed E-state index contributed by atoms with van der Waals surface area (Å²) in [5, 5.41) is 3.25. The fourth-order valence-corrected chi connectivity index (χ4v) is 2.97. The van der Waals surface area contributed by atoms with Crippen molar-refractivity contribution >= 4 is 11.5 Å². The number of aromatic nitrogens is 2. The smallest absolute Gasteiger partial charge is 0.330 e. The maximum absolute atomic E-state index is 12.1. The Labute approximate surface area is 124 Å². The van der Waals surface area contributed by atoms with E-state index in [-0.39, 0.29) is 22.7 Å². The van der Waals surface area contributed by atoms with Crippen LogP contribution in [0, 0.1) is 10.8 Å². The van der Waals surface area contributed by atoms with Gasteiger partial charge in [-0.05, 0) is 17.3 Å². The van der Waals surface area contributed by atoms with Crippen molar-refractivity contribution in [1.82, 2.24) is 9.55 Å². The number of hydrogen-bond acceptors (Lipinski definition) is 4. The van der Waals surface area contributed by atoms with Crippen molar-refractivity contribution < 1.29 is 0 Å². The number of nitrogen functional groups attached to an aromatic ring is 1. The third-order valence-corrected chi connectivity index (χ3v) is 5.28. The van der Waals surface area contributed by atoms with Crippen molar-refractivity contribution in [2.45, 2.75) is 60.0 Å². The molecular weight excluding hydrogens is 268 g/mol. The van der Waals surface area contributed by atoms with Gasteiger partial charge in [0.2, 0.25) is 0 Å². The highest BCUT2D eigenvalue weighted by molar-refractivity contribution is 5.62. The number of hydrogen-bond donors (Lipinski definition) is 3. The van der Waals surface area contributed by atoms with E-state index in [0.717, 1.165) is 12.8 Å². The van der Waals surface area contributed by atoms with Gasteiger partial charge in [0.05, 0.1) is 0 Å². The normalized spacial score (nSPS) is 19.5. The molecule has 2 rings (SSSR count). The summed E-state index contributed by atoms with van der Waals surface area (Å²) in [4.78, 5) is 26.3. The van der Waals surface area contributed by atoms with Crippen LogP contribution in [0.1, 0.15) is 47.5 Å². The molecule has 0 amide bonds. The number of nitrogens with zero attached hydrogens (tertiary/aromatic N) is 1. The number of H-pyrrole nitrogens is 1. The molecule has 0 radical (unpaired) electrons. The molecule has 1 saturated carbocycles. The SMILES string of the molecule is CCCCn1c(N)c(NC2C(C)(C)C2(C)C)c(=O)[nH]c1=O. The zero-order chi connectivity index (χ0) is 16.0. The first-order valence-corrected chi connectivity index (χ1v) is 7.53. The van der Waals surface area contributed by atoms with E-state index in [1.807, 2.05) is 6.92 Å². The minimum Gasteiger partial charge on any atom is -0.383 e. The molecule has 0 unspecified atom stereocenters. The van der Waals surface area contributed by atoms with Gasteiger partial charge in [-0.3, -0.25) is 14.3 Å². The van der Waals surface area contributed by atoms with E-state index in [4.69, 9.17) is 5.73 Å². The predicted octanol–water partition coefficient (Wildman–Crippen LogP) is 1.77. The maximum Gasteiger partial charge on any atom is 0.330 e. The molecule has 0 bridgehead atoms. The number of nitrogens with two attached hydrogens (primary N) is 1. The molecule has 21 heavy (non-hydrogen) atoms. The van der Waals surface area contributed by atoms with Crippen molar-refractivity contribution in [3.8, 4) is 0 Å². The van der Waals surface area contributed by atoms with Gasteiger partial charge in [-0.15, -0.1) is 0 Å². The number of aromatic amines is 1. The number of rotatable bonds is 5. The van der Waals surface area contributed by atoms with E-state index in [1.165, 1.54) is 4.57 Å². The Hall–Kier alpha value is -1.72. The molecule has 1 aliphatic carbocycles. The molecular formula is C15H26N4O2. The maximum atomic E-state index is 12.1. The second kappa shape index (κ2) is 4.93. The first kappa shape index (κ1) is 15.7. The van der Waals surface area contributed by atoms with E-state index in [2.05, 4.69) is 38.0 Å². The highest BCUT2D eigenvalue weighted by atomic mass is 16.2. The molecule has 4 N–H and O–H groups in total. The first-order chi connectivity index (χ1) is 9.64. The summed E-state index contributed by atoms with van der Waals surface area (Å²) in [5.41, 5.74) is 5.65. The third-order valence-electron chi connectivity index (χ3n) is 5.28. The van der Waals surface area contributed by atoms with Gasteiger partial charge in [-0.1, -0.05) is 41.0 Å². The van der Waals surface area contributed by atoms with Crippen LogP contribution in [0.3, 0.4) is 0 Å². The van der Waals surface area contributed by atoms with Gasteiger partial charge in [0.25, 0.3) is 5.56 Å². The van der Waals surface area contributed by atoms with Gasteiger partial charge in [-0.25, -0.2) is 4.79 Å². The van der Waals surface area contributed by atoms with Crippen LogP contribution in [0.15, 0.2) is 9.59 Å². The van der Waals surface area contributed by atoms with Crippen LogP contribution in [0.2, 0.25) is 0 Å². The molecule has 0 aromatic carbocycles.